The number of hydrogen-bond donors (Lipinski definition) is 1. The average Bonchev–Trinajstić information content (AvgIpc) is 2.25. The van der Waals surface area contributed by atoms with Gasteiger partial charge in [0.2, 0.25) is 0 Å². The quantitative estimate of drug-likeness (QED) is 0.796. The average molecular weight is 260 g/mol. The van der Waals surface area contributed by atoms with Gasteiger partial charge in [-0.1, -0.05) is 25.4 Å². The first-order valence-electron chi connectivity index (χ1n) is 5.45. The lowest BCUT2D eigenvalue weighted by Gasteiger charge is -2.11. The zero-order valence-corrected chi connectivity index (χ0v) is 11.5. The fourth-order valence-corrected chi connectivity index (χ4v) is 1.67. The monoisotopic (exact) mass is 259 g/mol. The molecule has 0 saturated carbocycles. The van der Waals surface area contributed by atoms with E-state index in [0.29, 0.717) is 10.4 Å². The molecule has 1 aromatic rings. The summed E-state index contributed by atoms with van der Waals surface area (Å²) in [6, 6.07) is 1.77. The second-order valence-electron chi connectivity index (χ2n) is 3.67. The molecule has 1 rings (SSSR count). The molecule has 0 saturated heterocycles. The van der Waals surface area contributed by atoms with Crippen LogP contribution >= 0.6 is 23.4 Å². The first-order chi connectivity index (χ1) is 7.65. The van der Waals surface area contributed by atoms with Gasteiger partial charge in [-0.05, 0) is 12.7 Å². The van der Waals surface area contributed by atoms with Crippen molar-refractivity contribution in [1.29, 1.82) is 0 Å². The molecule has 0 amide bonds. The Hall–Kier alpha value is -0.480. The molecule has 0 radical (unpaired) electrons. The topological polar surface area (TPSA) is 37.8 Å². The van der Waals surface area contributed by atoms with Crippen molar-refractivity contribution < 1.29 is 0 Å². The number of hydrogen-bond acceptors (Lipinski definition) is 4. The number of anilines is 1. The Labute approximate surface area is 106 Å². The van der Waals surface area contributed by atoms with Crippen molar-refractivity contribution >= 4 is 29.2 Å². The van der Waals surface area contributed by atoms with E-state index in [1.807, 2.05) is 11.8 Å². The number of nitrogens with zero attached hydrogens (tertiary/aromatic N) is 2. The third kappa shape index (κ3) is 4.58. The maximum absolute atomic E-state index is 5.94. The molecule has 1 aromatic heterocycles. The predicted molar refractivity (Wildman–Crippen MR) is 72.5 cm³/mol. The Morgan fingerprint density at radius 3 is 2.88 bits per heavy atom. The summed E-state index contributed by atoms with van der Waals surface area (Å²) in [5, 5.41) is 4.35. The van der Waals surface area contributed by atoms with Gasteiger partial charge in [0.1, 0.15) is 16.8 Å². The van der Waals surface area contributed by atoms with E-state index in [2.05, 4.69) is 35.4 Å². The van der Waals surface area contributed by atoms with E-state index in [9.17, 15) is 0 Å². The molecule has 1 unspecified atom stereocenters. The number of halogens is 1. The molecule has 3 nitrogen and oxygen atoms in total. The SMILES string of the molecule is CCCc1nc(Cl)cc(NCC(C)SC)n1. The normalized spacial score (nSPS) is 12.5. The van der Waals surface area contributed by atoms with Gasteiger partial charge in [0.05, 0.1) is 0 Å². The molecule has 0 aliphatic carbocycles. The summed E-state index contributed by atoms with van der Waals surface area (Å²) in [5.74, 6) is 1.64. The minimum absolute atomic E-state index is 0.512. The first-order valence-corrected chi connectivity index (χ1v) is 7.12. The summed E-state index contributed by atoms with van der Waals surface area (Å²) in [5.41, 5.74) is 0. The molecule has 0 aromatic carbocycles. The summed E-state index contributed by atoms with van der Waals surface area (Å²) in [7, 11) is 0. The summed E-state index contributed by atoms with van der Waals surface area (Å²) < 4.78 is 0. The van der Waals surface area contributed by atoms with E-state index >= 15 is 0 Å². The van der Waals surface area contributed by atoms with Gasteiger partial charge in [-0.15, -0.1) is 0 Å². The van der Waals surface area contributed by atoms with Crippen LogP contribution in [-0.2, 0) is 6.42 Å². The van der Waals surface area contributed by atoms with Gasteiger partial charge in [0.25, 0.3) is 0 Å². The molecule has 1 atom stereocenters. The highest BCUT2D eigenvalue weighted by molar-refractivity contribution is 7.99. The van der Waals surface area contributed by atoms with E-state index < -0.39 is 0 Å². The number of nitrogens with one attached hydrogen (secondary N) is 1. The smallest absolute Gasteiger partial charge is 0.134 e. The third-order valence-corrected chi connectivity index (χ3v) is 3.35. The van der Waals surface area contributed by atoms with Gasteiger partial charge in [0, 0.05) is 24.3 Å². The molecule has 0 spiro atoms. The van der Waals surface area contributed by atoms with E-state index in [1.165, 1.54) is 0 Å². The minimum atomic E-state index is 0.512. The molecule has 0 aliphatic rings. The Morgan fingerprint density at radius 1 is 1.50 bits per heavy atom. The van der Waals surface area contributed by atoms with Crippen molar-refractivity contribution in [2.24, 2.45) is 0 Å². The van der Waals surface area contributed by atoms with Crippen LogP contribution in [-0.4, -0.2) is 28.0 Å². The van der Waals surface area contributed by atoms with E-state index in [4.69, 9.17) is 11.6 Å². The van der Waals surface area contributed by atoms with Crippen LogP contribution in [0.3, 0.4) is 0 Å². The summed E-state index contributed by atoms with van der Waals surface area (Å²) in [4.78, 5) is 8.59. The second kappa shape index (κ2) is 6.97. The Balaban J connectivity index is 2.64. The van der Waals surface area contributed by atoms with Gasteiger partial charge < -0.3 is 5.32 Å². The molecule has 0 aliphatic heterocycles. The van der Waals surface area contributed by atoms with Crippen LogP contribution in [0.4, 0.5) is 5.82 Å². The molecule has 16 heavy (non-hydrogen) atoms. The highest BCUT2D eigenvalue weighted by Crippen LogP contribution is 2.13. The van der Waals surface area contributed by atoms with Gasteiger partial charge in [0.15, 0.2) is 0 Å². The molecule has 5 heteroatoms. The summed E-state index contributed by atoms with van der Waals surface area (Å²) in [6.45, 7) is 5.17. The highest BCUT2D eigenvalue weighted by atomic mass is 35.5. The second-order valence-corrected chi connectivity index (χ2v) is 5.33. The standard InChI is InChI=1S/C11H18ClN3S/c1-4-5-10-14-9(12)6-11(15-10)13-7-8(2)16-3/h6,8H,4-5,7H2,1-3H3,(H,13,14,15). The largest absolute Gasteiger partial charge is 0.369 e. The summed E-state index contributed by atoms with van der Waals surface area (Å²) >= 11 is 7.76. The van der Waals surface area contributed by atoms with Crippen LogP contribution < -0.4 is 5.32 Å². The molecular weight excluding hydrogens is 242 g/mol. The van der Waals surface area contributed by atoms with E-state index in [-0.39, 0.29) is 0 Å². The molecule has 0 bridgehead atoms. The van der Waals surface area contributed by atoms with Crippen LogP contribution in [0.25, 0.3) is 0 Å². The highest BCUT2D eigenvalue weighted by Gasteiger charge is 2.04. The fourth-order valence-electron chi connectivity index (χ4n) is 1.22. The fraction of sp³-hybridized carbons (Fsp3) is 0.636. The third-order valence-electron chi connectivity index (χ3n) is 2.19. The zero-order chi connectivity index (χ0) is 12.0. The van der Waals surface area contributed by atoms with Crippen LogP contribution in [0, 0.1) is 0 Å². The molecule has 90 valence electrons. The van der Waals surface area contributed by atoms with Crippen LogP contribution in [0.1, 0.15) is 26.1 Å². The number of aryl methyl sites for hydroxylation is 1. The Bertz CT molecular complexity index is 333. The maximum Gasteiger partial charge on any atom is 0.134 e. The maximum atomic E-state index is 5.94. The van der Waals surface area contributed by atoms with Crippen LogP contribution in [0.15, 0.2) is 6.07 Å². The van der Waals surface area contributed by atoms with Crippen molar-refractivity contribution in [3.63, 3.8) is 0 Å². The van der Waals surface area contributed by atoms with Crippen LogP contribution in [0.5, 0.6) is 0 Å². The predicted octanol–water partition coefficient (Wildman–Crippen LogP) is 3.25. The van der Waals surface area contributed by atoms with Crippen molar-refractivity contribution in [2.45, 2.75) is 31.9 Å². The van der Waals surface area contributed by atoms with Crippen molar-refractivity contribution in [2.75, 3.05) is 18.1 Å². The van der Waals surface area contributed by atoms with Gasteiger partial charge >= 0.3 is 0 Å². The molecule has 1 N–H and O–H groups in total. The first kappa shape index (κ1) is 13.6. The minimum Gasteiger partial charge on any atom is -0.369 e. The van der Waals surface area contributed by atoms with Crippen molar-refractivity contribution in [1.82, 2.24) is 9.97 Å². The van der Waals surface area contributed by atoms with Crippen molar-refractivity contribution in [3.05, 3.63) is 17.0 Å². The molecule has 0 fully saturated rings. The lowest BCUT2D eigenvalue weighted by Crippen LogP contribution is -2.14. The lowest BCUT2D eigenvalue weighted by atomic mass is 10.3. The van der Waals surface area contributed by atoms with Gasteiger partial charge in [-0.25, -0.2) is 9.97 Å². The molecule has 1 heterocycles. The lowest BCUT2D eigenvalue weighted by molar-refractivity contribution is 0.833. The van der Waals surface area contributed by atoms with Gasteiger partial charge in [-0.2, -0.15) is 11.8 Å². The van der Waals surface area contributed by atoms with Gasteiger partial charge in [-0.3, -0.25) is 0 Å². The number of thioether (sulfide) groups is 1. The number of aromatic nitrogens is 2. The Morgan fingerprint density at radius 2 is 2.25 bits per heavy atom. The van der Waals surface area contributed by atoms with Crippen LogP contribution in [0.2, 0.25) is 5.15 Å². The van der Waals surface area contributed by atoms with E-state index in [1.54, 1.807) is 6.07 Å². The molecular formula is C11H18ClN3S. The summed E-state index contributed by atoms with van der Waals surface area (Å²) in [6.07, 6.45) is 4.00. The number of rotatable bonds is 6. The Kier molecular flexibility index (Phi) is 5.91. The van der Waals surface area contributed by atoms with E-state index in [0.717, 1.165) is 31.0 Å². The van der Waals surface area contributed by atoms with Crippen molar-refractivity contribution in [3.8, 4) is 0 Å². The zero-order valence-electron chi connectivity index (χ0n) is 9.96.